The summed E-state index contributed by atoms with van der Waals surface area (Å²) >= 11 is 0. The smallest absolute Gasteiger partial charge is 0.296 e. The van der Waals surface area contributed by atoms with E-state index in [4.69, 9.17) is 18.9 Å². The summed E-state index contributed by atoms with van der Waals surface area (Å²) in [6, 6.07) is 21.5. The zero-order valence-corrected chi connectivity index (χ0v) is 47.8. The van der Waals surface area contributed by atoms with Crippen molar-refractivity contribution in [1.82, 2.24) is 15.0 Å². The molecule has 0 saturated heterocycles. The Bertz CT molecular complexity index is 5020. The van der Waals surface area contributed by atoms with Crippen LogP contribution in [0.4, 0.5) is 45.5 Å². The first-order chi connectivity index (χ1) is 39.9. The molecular weight excluding hydrogens is 1220 g/mol. The number of fused-ring (bicyclic) bond motifs is 4. The third-order valence-electron chi connectivity index (χ3n) is 12.2. The third kappa shape index (κ3) is 12.6. The summed E-state index contributed by atoms with van der Waals surface area (Å²) in [6.45, 7) is 1.63. The van der Waals surface area contributed by atoms with Gasteiger partial charge in [-0.15, -0.1) is 40.9 Å². The number of aromatic hydroxyl groups is 1. The SMILES string of the molecule is COc1cc(N=Nc2cc(OC)c(N=Nc3c(S(=O)(=O)O)cc4cc(-n5nc6ccc7c(S(=O)(=O)O)cc(S(=O)(=O)O)cc7c6n5)ccc4c3O)cc2OC)c(OC)cc1N=Nc1ccc(N=Nc2ccc(S(=O)(=O)O)cc2S(=O)(=O)O)c(C)c1. The van der Waals surface area contributed by atoms with E-state index in [1.165, 1.54) is 95.2 Å². The summed E-state index contributed by atoms with van der Waals surface area (Å²) < 4.78 is 193. The molecule has 0 fully saturated rings. The van der Waals surface area contributed by atoms with Crippen molar-refractivity contribution >= 4 is 129 Å². The second-order valence-electron chi connectivity index (χ2n) is 17.6. The van der Waals surface area contributed by atoms with Crippen LogP contribution < -0.4 is 18.9 Å². The minimum Gasteiger partial charge on any atom is -0.505 e. The number of azo groups is 4. The maximum atomic E-state index is 12.9. The summed E-state index contributed by atoms with van der Waals surface area (Å²) in [5, 5.41) is 53.2. The van der Waals surface area contributed by atoms with Crippen LogP contribution in [0.15, 0.2) is 175 Å². The Labute approximate surface area is 480 Å². The standard InChI is InChI=1S/C49H39N11O20S5/c1-24-14-26(6-11-33(24)51-52-34-12-8-28(81(62,63)64)18-45(34)84(71,72)73)50-53-36-20-41(78-3)37(21-40(36)77-2)54-55-38-22-43(80-5)39(23-42(38)79-4)56-57-48-46(85(74,75)76)16-25-15-27(7-9-30(25)49(48)61)60-58-35-13-10-31-32(47(35)59-60)17-29(82(65,66)67)19-44(31)83(68,69)70/h6-23,61H,1-5H3,(H,62,63,64)(H,65,66,67)(H,68,69,70)(H,71,72,73)(H,74,75,76). The van der Waals surface area contributed by atoms with Crippen molar-refractivity contribution < 1.29 is 88.9 Å². The first kappa shape index (κ1) is 60.2. The van der Waals surface area contributed by atoms with Gasteiger partial charge in [0.2, 0.25) is 0 Å². The molecule has 0 aliphatic rings. The van der Waals surface area contributed by atoms with E-state index in [1.54, 1.807) is 13.0 Å². The Balaban J connectivity index is 0.979. The van der Waals surface area contributed by atoms with Gasteiger partial charge in [-0.25, -0.2) is 0 Å². The van der Waals surface area contributed by atoms with Crippen LogP contribution in [0.25, 0.3) is 38.3 Å². The highest BCUT2D eigenvalue weighted by Crippen LogP contribution is 2.47. The first-order valence-electron chi connectivity index (χ1n) is 23.3. The molecule has 0 bridgehead atoms. The average molecular weight is 1260 g/mol. The number of rotatable bonds is 18. The van der Waals surface area contributed by atoms with Gasteiger partial charge in [-0.1, -0.05) is 6.07 Å². The molecular formula is C49H39N11O20S5. The van der Waals surface area contributed by atoms with Gasteiger partial charge in [0, 0.05) is 40.4 Å². The summed E-state index contributed by atoms with van der Waals surface area (Å²) in [6.07, 6.45) is 0. The van der Waals surface area contributed by atoms with Gasteiger partial charge in [0.25, 0.3) is 50.6 Å². The average Bonchev–Trinajstić information content (AvgIpc) is 2.00. The van der Waals surface area contributed by atoms with E-state index in [9.17, 15) is 70.0 Å². The van der Waals surface area contributed by atoms with Gasteiger partial charge in [0.15, 0.2) is 5.75 Å². The second-order valence-corrected chi connectivity index (χ2v) is 24.6. The molecule has 0 amide bonds. The van der Waals surface area contributed by atoms with E-state index in [1.807, 2.05) is 0 Å². The summed E-state index contributed by atoms with van der Waals surface area (Å²) in [5.41, 5.74) is 0.315. The second kappa shape index (κ2) is 22.7. The highest BCUT2D eigenvalue weighted by Gasteiger charge is 2.26. The zero-order valence-electron chi connectivity index (χ0n) is 43.8. The molecule has 0 aliphatic carbocycles. The Morgan fingerprint density at radius 3 is 1.41 bits per heavy atom. The molecule has 0 spiro atoms. The van der Waals surface area contributed by atoms with Crippen molar-refractivity contribution in [3.8, 4) is 34.4 Å². The van der Waals surface area contributed by atoms with Gasteiger partial charge in [-0.3, -0.25) is 22.8 Å². The molecule has 9 rings (SSSR count). The number of hydrogen-bond acceptors (Lipinski definition) is 25. The summed E-state index contributed by atoms with van der Waals surface area (Å²) in [4.78, 5) is -3.28. The summed E-state index contributed by atoms with van der Waals surface area (Å²) in [5.74, 6) is -0.425. The molecule has 0 saturated carbocycles. The van der Waals surface area contributed by atoms with Crippen molar-refractivity contribution in [3.63, 3.8) is 0 Å². The van der Waals surface area contributed by atoms with Crippen molar-refractivity contribution in [1.29, 1.82) is 0 Å². The van der Waals surface area contributed by atoms with E-state index in [-0.39, 0.29) is 89.7 Å². The summed E-state index contributed by atoms with van der Waals surface area (Å²) in [7, 11) is -19.7. The number of phenolic OH excluding ortho intramolecular Hbond substituents is 1. The van der Waals surface area contributed by atoms with Crippen molar-refractivity contribution in [2.45, 2.75) is 31.4 Å². The monoisotopic (exact) mass is 1260 g/mol. The van der Waals surface area contributed by atoms with Crippen LogP contribution >= 0.6 is 0 Å². The van der Waals surface area contributed by atoms with Gasteiger partial charge >= 0.3 is 0 Å². The van der Waals surface area contributed by atoms with Gasteiger partial charge in [-0.05, 0) is 96.7 Å². The van der Waals surface area contributed by atoms with Crippen LogP contribution in [0.5, 0.6) is 28.7 Å². The van der Waals surface area contributed by atoms with Gasteiger partial charge < -0.3 is 24.1 Å². The number of aryl methyl sites for hydroxylation is 1. The molecule has 1 heterocycles. The van der Waals surface area contributed by atoms with Crippen LogP contribution in [-0.4, -0.2) is 113 Å². The number of methoxy groups -OCH3 is 4. The van der Waals surface area contributed by atoms with Crippen LogP contribution in [0.1, 0.15) is 5.56 Å². The molecule has 0 aliphatic heterocycles. The van der Waals surface area contributed by atoms with Crippen LogP contribution in [-0.2, 0) is 50.6 Å². The predicted molar refractivity (Wildman–Crippen MR) is 298 cm³/mol. The van der Waals surface area contributed by atoms with Crippen molar-refractivity contribution in [2.24, 2.45) is 40.9 Å². The van der Waals surface area contributed by atoms with E-state index in [2.05, 4.69) is 51.1 Å². The lowest BCUT2D eigenvalue weighted by Crippen LogP contribution is -2.04. The number of benzene rings is 8. The highest BCUT2D eigenvalue weighted by atomic mass is 32.2. The molecule has 85 heavy (non-hydrogen) atoms. The minimum atomic E-state index is -5.17. The number of ether oxygens (including phenoxy) is 4. The zero-order chi connectivity index (χ0) is 61.7. The van der Waals surface area contributed by atoms with E-state index >= 15 is 0 Å². The fourth-order valence-corrected chi connectivity index (χ4v) is 11.4. The maximum Gasteiger partial charge on any atom is 0.296 e. The van der Waals surface area contributed by atoms with Crippen molar-refractivity contribution in [2.75, 3.05) is 28.4 Å². The number of phenols is 1. The van der Waals surface area contributed by atoms with Gasteiger partial charge in [-0.2, -0.15) is 57.1 Å². The van der Waals surface area contributed by atoms with E-state index in [0.29, 0.717) is 23.4 Å². The topological polar surface area (TPSA) is 459 Å². The fourth-order valence-electron chi connectivity index (χ4n) is 8.22. The molecule has 8 aromatic carbocycles. The Morgan fingerprint density at radius 1 is 0.412 bits per heavy atom. The van der Waals surface area contributed by atoms with Gasteiger partial charge in [0.1, 0.15) is 82.8 Å². The molecule has 1 aromatic heterocycles. The number of aromatic nitrogens is 3. The van der Waals surface area contributed by atoms with E-state index < -0.39 is 92.2 Å². The van der Waals surface area contributed by atoms with Crippen LogP contribution in [0.2, 0.25) is 0 Å². The molecule has 9 aromatic rings. The molecule has 440 valence electrons. The number of nitrogens with zero attached hydrogens (tertiary/aromatic N) is 11. The molecule has 0 radical (unpaired) electrons. The third-order valence-corrected chi connectivity index (χ3v) is 16.6. The maximum absolute atomic E-state index is 12.9. The Kier molecular flexibility index (Phi) is 16.1. The minimum absolute atomic E-state index is 0.00275. The molecule has 0 atom stereocenters. The predicted octanol–water partition coefficient (Wildman–Crippen LogP) is 10.7. The fraction of sp³-hybridized carbons (Fsp3) is 0.102. The normalized spacial score (nSPS) is 12.9. The number of hydrogen-bond donors (Lipinski definition) is 6. The molecule has 0 unspecified atom stereocenters. The van der Waals surface area contributed by atoms with Crippen molar-refractivity contribution in [3.05, 3.63) is 115 Å². The lowest BCUT2D eigenvalue weighted by molar-refractivity contribution is 0.403. The largest absolute Gasteiger partial charge is 0.505 e. The first-order valence-corrected chi connectivity index (χ1v) is 30.5. The highest BCUT2D eigenvalue weighted by molar-refractivity contribution is 7.87. The molecule has 36 heteroatoms. The lowest BCUT2D eigenvalue weighted by Gasteiger charge is -2.11. The Morgan fingerprint density at radius 2 is 0.894 bits per heavy atom. The van der Waals surface area contributed by atoms with E-state index in [0.717, 1.165) is 29.1 Å². The van der Waals surface area contributed by atoms with Crippen LogP contribution in [0, 0.1) is 6.92 Å². The molecule has 31 nitrogen and oxygen atoms in total. The van der Waals surface area contributed by atoms with Gasteiger partial charge in [0.05, 0.1) is 55.3 Å². The quantitative estimate of drug-likeness (QED) is 0.0343. The lowest BCUT2D eigenvalue weighted by atomic mass is 10.1. The Hall–Kier alpha value is -9.37. The molecule has 6 N–H and O–H groups in total. The van der Waals surface area contributed by atoms with Crippen LogP contribution in [0.3, 0.4) is 0 Å².